The number of sulfonamides is 1. The van der Waals surface area contributed by atoms with Crippen molar-refractivity contribution >= 4 is 33.0 Å². The van der Waals surface area contributed by atoms with E-state index in [1.54, 1.807) is 0 Å². The van der Waals surface area contributed by atoms with Gasteiger partial charge < -0.3 is 0 Å². The van der Waals surface area contributed by atoms with Gasteiger partial charge in [0.2, 0.25) is 0 Å². The molecule has 3 aromatic rings. The Morgan fingerprint density at radius 3 is 2.56 bits per heavy atom. The summed E-state index contributed by atoms with van der Waals surface area (Å²) in [5, 5.41) is 14.9. The molecule has 1 heterocycles. The van der Waals surface area contributed by atoms with E-state index in [0.29, 0.717) is 5.56 Å². The molecule has 0 aliphatic heterocycles. The molecular formula is C16H12ClFN4O4S. The average Bonchev–Trinajstić information content (AvgIpc) is 3.04. The van der Waals surface area contributed by atoms with Crippen LogP contribution in [0.15, 0.2) is 59.8 Å². The first kappa shape index (κ1) is 18.8. The van der Waals surface area contributed by atoms with Crippen molar-refractivity contribution in [3.63, 3.8) is 0 Å². The molecule has 0 amide bonds. The number of nitro benzene ring substituents is 1. The van der Waals surface area contributed by atoms with Crippen LogP contribution in [0.25, 0.3) is 0 Å². The van der Waals surface area contributed by atoms with Crippen molar-refractivity contribution in [1.82, 2.24) is 9.78 Å². The Balaban J connectivity index is 1.75. The van der Waals surface area contributed by atoms with Crippen molar-refractivity contribution in [2.24, 2.45) is 0 Å². The number of hydrogen-bond donors (Lipinski definition) is 1. The summed E-state index contributed by atoms with van der Waals surface area (Å²) < 4.78 is 41.6. The smallest absolute Gasteiger partial charge is 0.269 e. The fourth-order valence-electron chi connectivity index (χ4n) is 2.29. The molecule has 140 valence electrons. The van der Waals surface area contributed by atoms with Gasteiger partial charge in [0, 0.05) is 23.4 Å². The van der Waals surface area contributed by atoms with Crippen LogP contribution in [0.1, 0.15) is 5.56 Å². The van der Waals surface area contributed by atoms with Gasteiger partial charge in [0.1, 0.15) is 5.82 Å². The molecule has 0 bridgehead atoms. The van der Waals surface area contributed by atoms with E-state index in [2.05, 4.69) is 9.82 Å². The molecule has 1 N–H and O–H groups in total. The predicted octanol–water partition coefficient (Wildman–Crippen LogP) is 3.43. The Kier molecular flexibility index (Phi) is 5.10. The maximum absolute atomic E-state index is 13.1. The fourth-order valence-corrected chi connectivity index (χ4v) is 3.54. The molecule has 0 saturated carbocycles. The summed E-state index contributed by atoms with van der Waals surface area (Å²) in [6.07, 6.45) is 2.75. The van der Waals surface area contributed by atoms with Gasteiger partial charge in [-0.2, -0.15) is 5.10 Å². The standard InChI is InChI=1S/C16H12ClFN4O4S/c17-16-7-12(18)2-1-11(16)9-21-10-13(8-19-21)20-27(25,26)15-5-3-14(4-6-15)22(23)24/h1-8,10,20H,9H2. The number of nitro groups is 1. The summed E-state index contributed by atoms with van der Waals surface area (Å²) in [7, 11) is -3.93. The van der Waals surface area contributed by atoms with Crippen LogP contribution >= 0.6 is 11.6 Å². The Bertz CT molecular complexity index is 1100. The zero-order valence-corrected chi connectivity index (χ0v) is 15.1. The summed E-state index contributed by atoms with van der Waals surface area (Å²) in [5.74, 6) is -0.458. The van der Waals surface area contributed by atoms with Gasteiger partial charge in [0.25, 0.3) is 15.7 Å². The van der Waals surface area contributed by atoms with Crippen LogP contribution in [0.5, 0.6) is 0 Å². The van der Waals surface area contributed by atoms with Crippen molar-refractivity contribution < 1.29 is 17.7 Å². The number of rotatable bonds is 6. The van der Waals surface area contributed by atoms with E-state index in [4.69, 9.17) is 11.6 Å². The Hall–Kier alpha value is -2.98. The van der Waals surface area contributed by atoms with Crippen LogP contribution in [0, 0.1) is 15.9 Å². The quantitative estimate of drug-likeness (QED) is 0.494. The predicted molar refractivity (Wildman–Crippen MR) is 96.6 cm³/mol. The Morgan fingerprint density at radius 1 is 1.22 bits per heavy atom. The summed E-state index contributed by atoms with van der Waals surface area (Å²) in [4.78, 5) is 9.91. The number of aromatic nitrogens is 2. The second-order valence-electron chi connectivity index (χ2n) is 5.52. The van der Waals surface area contributed by atoms with Crippen LogP contribution in [-0.4, -0.2) is 23.1 Å². The van der Waals surface area contributed by atoms with Gasteiger partial charge in [-0.3, -0.25) is 19.5 Å². The molecule has 0 saturated heterocycles. The van der Waals surface area contributed by atoms with Gasteiger partial charge in [0.05, 0.1) is 28.2 Å². The summed E-state index contributed by atoms with van der Waals surface area (Å²) in [5.41, 5.74) is 0.607. The summed E-state index contributed by atoms with van der Waals surface area (Å²) in [6.45, 7) is 0.221. The molecule has 0 aliphatic rings. The minimum atomic E-state index is -3.93. The number of benzene rings is 2. The first-order chi connectivity index (χ1) is 12.7. The molecule has 0 aliphatic carbocycles. The van der Waals surface area contributed by atoms with Gasteiger partial charge in [0.15, 0.2) is 0 Å². The van der Waals surface area contributed by atoms with E-state index in [1.807, 2.05) is 0 Å². The average molecular weight is 411 g/mol. The third-order valence-corrected chi connectivity index (χ3v) is 5.34. The second-order valence-corrected chi connectivity index (χ2v) is 7.61. The van der Waals surface area contributed by atoms with Gasteiger partial charge in [-0.05, 0) is 29.8 Å². The molecule has 3 rings (SSSR count). The van der Waals surface area contributed by atoms with Crippen LogP contribution in [-0.2, 0) is 16.6 Å². The van der Waals surface area contributed by atoms with E-state index < -0.39 is 20.8 Å². The van der Waals surface area contributed by atoms with Crippen molar-refractivity contribution in [3.05, 3.63) is 81.4 Å². The third-order valence-electron chi connectivity index (χ3n) is 3.59. The molecule has 0 radical (unpaired) electrons. The van der Waals surface area contributed by atoms with E-state index in [9.17, 15) is 22.9 Å². The second kappa shape index (κ2) is 7.33. The van der Waals surface area contributed by atoms with Gasteiger partial charge in [-0.25, -0.2) is 12.8 Å². The van der Waals surface area contributed by atoms with Crippen LogP contribution in [0.2, 0.25) is 5.02 Å². The highest BCUT2D eigenvalue weighted by molar-refractivity contribution is 7.92. The SMILES string of the molecule is O=[N+]([O-])c1ccc(S(=O)(=O)Nc2cnn(Cc3ccc(F)cc3Cl)c2)cc1. The molecule has 0 spiro atoms. The van der Waals surface area contributed by atoms with E-state index >= 15 is 0 Å². The summed E-state index contributed by atoms with van der Waals surface area (Å²) >= 11 is 5.97. The lowest BCUT2D eigenvalue weighted by Crippen LogP contribution is -2.12. The van der Waals surface area contributed by atoms with Crippen LogP contribution in [0.4, 0.5) is 15.8 Å². The molecule has 0 atom stereocenters. The molecule has 8 nitrogen and oxygen atoms in total. The fraction of sp³-hybridized carbons (Fsp3) is 0.0625. The van der Waals surface area contributed by atoms with Gasteiger partial charge in [-0.15, -0.1) is 0 Å². The third kappa shape index (κ3) is 4.41. The number of hydrogen-bond acceptors (Lipinski definition) is 5. The van der Waals surface area contributed by atoms with Crippen molar-refractivity contribution in [1.29, 1.82) is 0 Å². The Morgan fingerprint density at radius 2 is 1.93 bits per heavy atom. The lowest BCUT2D eigenvalue weighted by Gasteiger charge is -2.06. The maximum Gasteiger partial charge on any atom is 0.269 e. The van der Waals surface area contributed by atoms with E-state index in [1.165, 1.54) is 35.3 Å². The molecule has 1 aromatic heterocycles. The highest BCUT2D eigenvalue weighted by Gasteiger charge is 2.17. The zero-order valence-electron chi connectivity index (χ0n) is 13.5. The molecular weight excluding hydrogens is 399 g/mol. The van der Waals surface area contributed by atoms with Crippen molar-refractivity contribution in [2.45, 2.75) is 11.4 Å². The van der Waals surface area contributed by atoms with Crippen LogP contribution in [0.3, 0.4) is 0 Å². The monoisotopic (exact) mass is 410 g/mol. The highest BCUT2D eigenvalue weighted by Crippen LogP contribution is 2.21. The summed E-state index contributed by atoms with van der Waals surface area (Å²) in [6, 6.07) is 8.46. The first-order valence-corrected chi connectivity index (χ1v) is 9.34. The largest absolute Gasteiger partial charge is 0.276 e. The maximum atomic E-state index is 13.1. The lowest BCUT2D eigenvalue weighted by molar-refractivity contribution is -0.384. The number of nitrogens with zero attached hydrogens (tertiary/aromatic N) is 3. The molecule has 2 aromatic carbocycles. The van der Waals surface area contributed by atoms with Crippen molar-refractivity contribution in [2.75, 3.05) is 4.72 Å². The highest BCUT2D eigenvalue weighted by atomic mass is 35.5. The minimum Gasteiger partial charge on any atom is -0.276 e. The lowest BCUT2D eigenvalue weighted by atomic mass is 10.2. The number of halogens is 2. The zero-order chi connectivity index (χ0) is 19.6. The minimum absolute atomic E-state index is 0.123. The van der Waals surface area contributed by atoms with E-state index in [-0.39, 0.29) is 27.8 Å². The van der Waals surface area contributed by atoms with Crippen LogP contribution < -0.4 is 4.72 Å². The molecule has 27 heavy (non-hydrogen) atoms. The Labute approximate surface area is 158 Å². The first-order valence-electron chi connectivity index (χ1n) is 7.48. The number of anilines is 1. The van der Waals surface area contributed by atoms with Gasteiger partial charge in [-0.1, -0.05) is 17.7 Å². The molecule has 0 fully saturated rings. The topological polar surface area (TPSA) is 107 Å². The van der Waals surface area contributed by atoms with Gasteiger partial charge >= 0.3 is 0 Å². The normalized spacial score (nSPS) is 11.3. The van der Waals surface area contributed by atoms with Crippen molar-refractivity contribution in [3.8, 4) is 0 Å². The molecule has 0 unspecified atom stereocenters. The molecule has 11 heteroatoms. The number of nitrogens with one attached hydrogen (secondary N) is 1. The number of non-ortho nitro benzene ring substituents is 1. The van der Waals surface area contributed by atoms with E-state index in [0.717, 1.165) is 24.3 Å².